The second kappa shape index (κ2) is 7.61. The van der Waals surface area contributed by atoms with Gasteiger partial charge in [0, 0.05) is 24.5 Å². The quantitative estimate of drug-likeness (QED) is 0.699. The van der Waals surface area contributed by atoms with Gasteiger partial charge in [0.1, 0.15) is 11.9 Å². The molecule has 0 spiro atoms. The third-order valence-corrected chi connectivity index (χ3v) is 3.69. The molecule has 0 saturated heterocycles. The van der Waals surface area contributed by atoms with Crippen molar-refractivity contribution in [2.45, 2.75) is 19.1 Å². The molecule has 6 nitrogen and oxygen atoms in total. The lowest BCUT2D eigenvalue weighted by atomic mass is 10.1. The third kappa shape index (κ3) is 4.11. The molecule has 0 aliphatic carbocycles. The number of aromatic nitrogens is 2. The van der Waals surface area contributed by atoms with Crippen LogP contribution in [0.1, 0.15) is 34.2 Å². The first-order chi connectivity index (χ1) is 11.7. The fraction of sp³-hybridized carbons (Fsp3) is 0.222. The molecule has 0 radical (unpaired) electrons. The van der Waals surface area contributed by atoms with Gasteiger partial charge in [-0.1, -0.05) is 12.1 Å². The van der Waals surface area contributed by atoms with Gasteiger partial charge in [0.25, 0.3) is 5.91 Å². The summed E-state index contributed by atoms with van der Waals surface area (Å²) in [4.78, 5) is 12.1. The highest BCUT2D eigenvalue weighted by molar-refractivity contribution is 5.94. The van der Waals surface area contributed by atoms with Crippen molar-refractivity contribution < 1.29 is 14.3 Å². The van der Waals surface area contributed by atoms with Gasteiger partial charge in [-0.15, -0.1) is 0 Å². The molecule has 1 unspecified atom stereocenters. The van der Waals surface area contributed by atoms with Gasteiger partial charge in [-0.05, 0) is 42.3 Å². The second-order valence-electron chi connectivity index (χ2n) is 5.48. The molecule has 124 valence electrons. The number of amides is 1. The van der Waals surface area contributed by atoms with E-state index < -0.39 is 6.10 Å². The molecule has 3 rings (SSSR count). The van der Waals surface area contributed by atoms with Crippen LogP contribution >= 0.6 is 0 Å². The average molecular weight is 325 g/mol. The first-order valence-electron chi connectivity index (χ1n) is 7.78. The van der Waals surface area contributed by atoms with Crippen LogP contribution < -0.4 is 5.32 Å². The molecule has 2 heterocycles. The van der Waals surface area contributed by atoms with Crippen molar-refractivity contribution in [3.8, 4) is 0 Å². The molecule has 1 atom stereocenters. The van der Waals surface area contributed by atoms with E-state index in [0.29, 0.717) is 30.8 Å². The first-order valence-corrected chi connectivity index (χ1v) is 7.78. The molecule has 0 saturated carbocycles. The molecular formula is C18H19N3O3. The Kier molecular flexibility index (Phi) is 5.08. The number of nitrogens with one attached hydrogen (secondary N) is 1. The molecule has 1 amide bonds. The molecule has 0 fully saturated rings. The summed E-state index contributed by atoms with van der Waals surface area (Å²) < 4.78 is 6.95. The number of carbonyl (C=O) groups is 1. The molecule has 0 aliphatic rings. The van der Waals surface area contributed by atoms with Crippen molar-refractivity contribution in [1.82, 2.24) is 15.1 Å². The van der Waals surface area contributed by atoms with E-state index in [0.717, 1.165) is 5.56 Å². The summed E-state index contributed by atoms with van der Waals surface area (Å²) in [6, 6.07) is 12.7. The number of furan rings is 1. The topological polar surface area (TPSA) is 80.3 Å². The Morgan fingerprint density at radius 2 is 2.08 bits per heavy atom. The highest BCUT2D eigenvalue weighted by Gasteiger charge is 2.11. The monoisotopic (exact) mass is 325 g/mol. The molecule has 1 aromatic carbocycles. The number of aliphatic hydroxyl groups is 1. The summed E-state index contributed by atoms with van der Waals surface area (Å²) in [5.41, 5.74) is 1.66. The van der Waals surface area contributed by atoms with Gasteiger partial charge < -0.3 is 14.8 Å². The van der Waals surface area contributed by atoms with E-state index in [4.69, 9.17) is 4.42 Å². The minimum Gasteiger partial charge on any atom is -0.467 e. The molecule has 6 heteroatoms. The van der Waals surface area contributed by atoms with E-state index in [1.807, 2.05) is 29.1 Å². The van der Waals surface area contributed by atoms with Gasteiger partial charge >= 0.3 is 0 Å². The lowest BCUT2D eigenvalue weighted by Crippen LogP contribution is -2.25. The maximum atomic E-state index is 12.1. The molecule has 0 bridgehead atoms. The number of hydrogen-bond acceptors (Lipinski definition) is 4. The number of benzene rings is 1. The van der Waals surface area contributed by atoms with Gasteiger partial charge in [0.15, 0.2) is 0 Å². The number of aliphatic hydroxyl groups excluding tert-OH is 1. The Balaban J connectivity index is 1.48. The van der Waals surface area contributed by atoms with Crippen LogP contribution in [0.2, 0.25) is 0 Å². The van der Waals surface area contributed by atoms with Crippen LogP contribution in [0.4, 0.5) is 0 Å². The predicted octanol–water partition coefficient (Wildman–Crippen LogP) is 2.38. The second-order valence-corrected chi connectivity index (χ2v) is 5.48. The molecule has 2 N–H and O–H groups in total. The maximum absolute atomic E-state index is 12.1. The fourth-order valence-electron chi connectivity index (χ4n) is 2.39. The Morgan fingerprint density at radius 3 is 2.75 bits per heavy atom. The lowest BCUT2D eigenvalue weighted by Gasteiger charge is -2.09. The zero-order valence-corrected chi connectivity index (χ0v) is 13.1. The van der Waals surface area contributed by atoms with Crippen molar-refractivity contribution in [3.05, 3.63) is 78.0 Å². The summed E-state index contributed by atoms with van der Waals surface area (Å²) in [6.45, 7) is 1.04. The number of rotatable bonds is 7. The Labute approximate surface area is 139 Å². The molecule has 24 heavy (non-hydrogen) atoms. The molecule has 2 aromatic heterocycles. The van der Waals surface area contributed by atoms with Gasteiger partial charge in [-0.3, -0.25) is 9.48 Å². The Bertz CT molecular complexity index is 749. The zero-order valence-electron chi connectivity index (χ0n) is 13.1. The van der Waals surface area contributed by atoms with E-state index in [1.54, 1.807) is 30.5 Å². The summed E-state index contributed by atoms with van der Waals surface area (Å²) in [5.74, 6) is 0.347. The van der Waals surface area contributed by atoms with Crippen molar-refractivity contribution in [3.63, 3.8) is 0 Å². The van der Waals surface area contributed by atoms with Gasteiger partial charge in [0.2, 0.25) is 0 Å². The summed E-state index contributed by atoms with van der Waals surface area (Å²) in [5, 5.41) is 16.9. The van der Waals surface area contributed by atoms with Crippen LogP contribution in [-0.4, -0.2) is 27.3 Å². The SMILES string of the molecule is O=C(NCCC(O)c1ccco1)c1ccc(Cn2cccn2)cc1. The van der Waals surface area contributed by atoms with Crippen LogP contribution in [-0.2, 0) is 6.54 Å². The Morgan fingerprint density at radius 1 is 1.25 bits per heavy atom. The standard InChI is InChI=1S/C18H19N3O3/c22-16(17-3-1-12-24-17)8-10-19-18(23)15-6-4-14(5-7-15)13-21-11-2-9-20-21/h1-7,9,11-12,16,22H,8,10,13H2,(H,19,23). The lowest BCUT2D eigenvalue weighted by molar-refractivity contribution is 0.0936. The average Bonchev–Trinajstić information content (AvgIpc) is 3.29. The largest absolute Gasteiger partial charge is 0.467 e. The molecular weight excluding hydrogens is 306 g/mol. The van der Waals surface area contributed by atoms with Crippen LogP contribution in [0.15, 0.2) is 65.5 Å². The molecule has 0 aliphatic heterocycles. The minimum absolute atomic E-state index is 0.160. The number of hydrogen-bond donors (Lipinski definition) is 2. The normalized spacial score (nSPS) is 12.0. The van der Waals surface area contributed by atoms with Crippen molar-refractivity contribution in [2.24, 2.45) is 0 Å². The van der Waals surface area contributed by atoms with Gasteiger partial charge in [-0.2, -0.15) is 5.10 Å². The predicted molar refractivity (Wildman–Crippen MR) is 88.4 cm³/mol. The first kappa shape index (κ1) is 16.0. The van der Waals surface area contributed by atoms with E-state index in [1.165, 1.54) is 6.26 Å². The van der Waals surface area contributed by atoms with Crippen molar-refractivity contribution in [1.29, 1.82) is 0 Å². The molecule has 3 aromatic rings. The number of nitrogens with zero attached hydrogens (tertiary/aromatic N) is 2. The minimum atomic E-state index is -0.711. The summed E-state index contributed by atoms with van der Waals surface area (Å²) in [7, 11) is 0. The van der Waals surface area contributed by atoms with Crippen molar-refractivity contribution in [2.75, 3.05) is 6.54 Å². The smallest absolute Gasteiger partial charge is 0.251 e. The third-order valence-electron chi connectivity index (χ3n) is 3.69. The van der Waals surface area contributed by atoms with Gasteiger partial charge in [-0.25, -0.2) is 0 Å². The highest BCUT2D eigenvalue weighted by Crippen LogP contribution is 2.16. The van der Waals surface area contributed by atoms with E-state index in [2.05, 4.69) is 10.4 Å². The van der Waals surface area contributed by atoms with Crippen LogP contribution in [0.5, 0.6) is 0 Å². The van der Waals surface area contributed by atoms with Crippen LogP contribution in [0.25, 0.3) is 0 Å². The van der Waals surface area contributed by atoms with E-state index >= 15 is 0 Å². The van der Waals surface area contributed by atoms with Crippen LogP contribution in [0.3, 0.4) is 0 Å². The van der Waals surface area contributed by atoms with Crippen molar-refractivity contribution >= 4 is 5.91 Å². The van der Waals surface area contributed by atoms with Crippen LogP contribution in [0, 0.1) is 0 Å². The summed E-state index contributed by atoms with van der Waals surface area (Å²) in [6.07, 6.45) is 4.83. The highest BCUT2D eigenvalue weighted by atomic mass is 16.4. The zero-order chi connectivity index (χ0) is 16.8. The van der Waals surface area contributed by atoms with E-state index in [-0.39, 0.29) is 5.91 Å². The van der Waals surface area contributed by atoms with Gasteiger partial charge in [0.05, 0.1) is 12.8 Å². The number of carbonyl (C=O) groups excluding carboxylic acids is 1. The van der Waals surface area contributed by atoms with E-state index in [9.17, 15) is 9.90 Å². The fourth-order valence-corrected chi connectivity index (χ4v) is 2.39. The Hall–Kier alpha value is -2.86. The maximum Gasteiger partial charge on any atom is 0.251 e. The summed E-state index contributed by atoms with van der Waals surface area (Å²) >= 11 is 0.